The van der Waals surface area contributed by atoms with Gasteiger partial charge in [-0.25, -0.2) is 0 Å². The fourth-order valence-corrected chi connectivity index (χ4v) is 4.89. The van der Waals surface area contributed by atoms with Crippen molar-refractivity contribution < 1.29 is 14.1 Å². The minimum absolute atomic E-state index is 0.0257. The second kappa shape index (κ2) is 8.96. The number of nitrogens with zero attached hydrogens (tertiary/aromatic N) is 3. The van der Waals surface area contributed by atoms with Gasteiger partial charge in [0, 0.05) is 40.2 Å². The van der Waals surface area contributed by atoms with Gasteiger partial charge in [0.15, 0.2) is 0 Å². The molecule has 6 nitrogen and oxygen atoms in total. The zero-order valence-corrected chi connectivity index (χ0v) is 18.4. The molecule has 162 valence electrons. The second-order valence-corrected chi connectivity index (χ2v) is 8.74. The number of piperidine rings is 1. The summed E-state index contributed by atoms with van der Waals surface area (Å²) in [6.45, 7) is 5.42. The molecule has 1 amide bonds. The van der Waals surface area contributed by atoms with Crippen molar-refractivity contribution >= 4 is 27.3 Å². The van der Waals surface area contributed by atoms with E-state index in [9.17, 15) is 4.79 Å². The summed E-state index contributed by atoms with van der Waals surface area (Å²) in [6, 6.07) is 15.6. The molecule has 0 spiro atoms. The first kappa shape index (κ1) is 20.5. The molecule has 1 aliphatic rings. The molecule has 0 aliphatic carbocycles. The average molecular weight is 446 g/mol. The number of ether oxygens (including phenoxy) is 1. The lowest BCUT2D eigenvalue weighted by Crippen LogP contribution is -2.38. The lowest BCUT2D eigenvalue weighted by atomic mass is 9.96. The molecule has 2 aromatic carbocycles. The lowest BCUT2D eigenvalue weighted by Gasteiger charge is -2.30. The van der Waals surface area contributed by atoms with E-state index in [1.54, 1.807) is 17.4 Å². The summed E-state index contributed by atoms with van der Waals surface area (Å²) in [4.78, 5) is 19.7. The maximum atomic E-state index is 13.2. The lowest BCUT2D eigenvalue weighted by molar-refractivity contribution is 0.0704. The zero-order valence-electron chi connectivity index (χ0n) is 17.6. The van der Waals surface area contributed by atoms with Crippen LogP contribution in [0.15, 0.2) is 71.1 Å². The number of fused-ring (bicyclic) bond motifs is 1. The fourth-order valence-electron chi connectivity index (χ4n) is 4.05. The van der Waals surface area contributed by atoms with Gasteiger partial charge >= 0.3 is 0 Å². The first-order valence-electron chi connectivity index (χ1n) is 10.7. The number of benzene rings is 2. The third-order valence-electron chi connectivity index (χ3n) is 5.74. The Balaban J connectivity index is 1.28. The van der Waals surface area contributed by atoms with E-state index < -0.39 is 0 Å². The largest absolute Gasteiger partial charge is 0.489 e. The Kier molecular flexibility index (Phi) is 5.73. The van der Waals surface area contributed by atoms with Crippen LogP contribution in [0.1, 0.15) is 35.0 Å². The minimum atomic E-state index is 0.0257. The monoisotopic (exact) mass is 445 g/mol. The molecule has 0 radical (unpaired) electrons. The van der Waals surface area contributed by atoms with Gasteiger partial charge in [-0.2, -0.15) is 4.98 Å². The average Bonchev–Trinajstić information content (AvgIpc) is 3.53. The molecule has 2 aromatic heterocycles. The number of amides is 1. The molecule has 0 bridgehead atoms. The molecule has 5 rings (SSSR count). The Morgan fingerprint density at radius 3 is 2.81 bits per heavy atom. The molecular weight excluding hydrogens is 422 g/mol. The highest BCUT2D eigenvalue weighted by Crippen LogP contribution is 2.33. The molecule has 1 fully saturated rings. The Hall–Kier alpha value is -3.45. The van der Waals surface area contributed by atoms with Gasteiger partial charge in [0.1, 0.15) is 12.4 Å². The fraction of sp³-hybridized carbons (Fsp3) is 0.240. The molecule has 0 atom stereocenters. The van der Waals surface area contributed by atoms with Gasteiger partial charge in [-0.1, -0.05) is 48.1 Å². The topological polar surface area (TPSA) is 68.5 Å². The molecule has 3 heterocycles. The Morgan fingerprint density at radius 2 is 2.03 bits per heavy atom. The Morgan fingerprint density at radius 1 is 1.22 bits per heavy atom. The molecule has 32 heavy (non-hydrogen) atoms. The molecule has 4 aromatic rings. The van der Waals surface area contributed by atoms with Crippen molar-refractivity contribution in [2.45, 2.75) is 18.8 Å². The van der Waals surface area contributed by atoms with Crippen LogP contribution in [0.3, 0.4) is 0 Å². The van der Waals surface area contributed by atoms with Gasteiger partial charge in [-0.15, -0.1) is 11.3 Å². The van der Waals surface area contributed by atoms with E-state index >= 15 is 0 Å². The number of carbonyl (C=O) groups excluding carboxylic acids is 1. The summed E-state index contributed by atoms with van der Waals surface area (Å²) in [5.41, 5.74) is 1.59. The maximum absolute atomic E-state index is 13.2. The van der Waals surface area contributed by atoms with E-state index in [2.05, 4.69) is 16.7 Å². The molecule has 7 heteroatoms. The second-order valence-electron chi connectivity index (χ2n) is 7.80. The SMILES string of the molecule is C=CCOc1cc(C(=O)N2CCC(c3nc(-c4ccccc4)no3)CC2)cc2sccc12. The van der Waals surface area contributed by atoms with Crippen LogP contribution in [0, 0.1) is 0 Å². The summed E-state index contributed by atoms with van der Waals surface area (Å²) in [7, 11) is 0. The van der Waals surface area contributed by atoms with Gasteiger partial charge in [-0.05, 0) is 36.4 Å². The smallest absolute Gasteiger partial charge is 0.254 e. The molecule has 1 saturated heterocycles. The van der Waals surface area contributed by atoms with Gasteiger partial charge in [0.25, 0.3) is 5.91 Å². The first-order valence-corrected chi connectivity index (χ1v) is 11.5. The van der Waals surface area contributed by atoms with Crippen molar-refractivity contribution in [3.63, 3.8) is 0 Å². The third-order valence-corrected chi connectivity index (χ3v) is 6.61. The Bertz CT molecular complexity index is 1240. The van der Waals surface area contributed by atoms with Crippen molar-refractivity contribution in [2.24, 2.45) is 0 Å². The summed E-state index contributed by atoms with van der Waals surface area (Å²) < 4.78 is 12.4. The number of rotatable bonds is 6. The van der Waals surface area contributed by atoms with Crippen molar-refractivity contribution in [1.29, 1.82) is 0 Å². The van der Waals surface area contributed by atoms with Crippen molar-refractivity contribution in [3.05, 3.63) is 78.0 Å². The van der Waals surface area contributed by atoms with Crippen molar-refractivity contribution in [2.75, 3.05) is 19.7 Å². The van der Waals surface area contributed by atoms with E-state index in [1.165, 1.54) is 0 Å². The van der Waals surface area contributed by atoms with Crippen LogP contribution in [0.25, 0.3) is 21.5 Å². The van der Waals surface area contributed by atoms with Crippen LogP contribution in [0.2, 0.25) is 0 Å². The number of likely N-dealkylation sites (tertiary alicyclic amines) is 1. The third kappa shape index (κ3) is 4.03. The number of hydrogen-bond acceptors (Lipinski definition) is 6. The maximum Gasteiger partial charge on any atom is 0.254 e. The summed E-state index contributed by atoms with van der Waals surface area (Å²) in [5, 5.41) is 7.17. The highest BCUT2D eigenvalue weighted by molar-refractivity contribution is 7.17. The van der Waals surface area contributed by atoms with E-state index in [0.717, 1.165) is 34.2 Å². The van der Waals surface area contributed by atoms with E-state index in [-0.39, 0.29) is 11.8 Å². The van der Waals surface area contributed by atoms with E-state index in [0.29, 0.717) is 37.0 Å². The van der Waals surface area contributed by atoms with E-state index in [4.69, 9.17) is 9.26 Å². The minimum Gasteiger partial charge on any atom is -0.489 e. The Labute approximate surface area is 190 Å². The number of aromatic nitrogens is 2. The predicted molar refractivity (Wildman–Crippen MR) is 125 cm³/mol. The number of hydrogen-bond donors (Lipinski definition) is 0. The molecular formula is C25H23N3O3S. The molecule has 1 aliphatic heterocycles. The van der Waals surface area contributed by atoms with Crippen molar-refractivity contribution in [1.82, 2.24) is 15.0 Å². The highest BCUT2D eigenvalue weighted by atomic mass is 32.1. The van der Waals surface area contributed by atoms with Crippen molar-refractivity contribution in [3.8, 4) is 17.1 Å². The normalized spacial score (nSPS) is 14.6. The summed E-state index contributed by atoms with van der Waals surface area (Å²) in [6.07, 6.45) is 3.30. The first-order chi connectivity index (χ1) is 15.7. The van der Waals surface area contributed by atoms with Gasteiger partial charge < -0.3 is 14.2 Å². The van der Waals surface area contributed by atoms with Gasteiger partial charge in [0.2, 0.25) is 11.7 Å². The van der Waals surface area contributed by atoms with Crippen LogP contribution in [-0.4, -0.2) is 40.6 Å². The van der Waals surface area contributed by atoms with E-state index in [1.807, 2.05) is 58.8 Å². The molecule has 0 saturated carbocycles. The van der Waals surface area contributed by atoms with Crippen LogP contribution in [-0.2, 0) is 0 Å². The van der Waals surface area contributed by atoms with Gasteiger partial charge in [0.05, 0.1) is 0 Å². The van der Waals surface area contributed by atoms with Crippen LogP contribution >= 0.6 is 11.3 Å². The number of thiophene rings is 1. The highest BCUT2D eigenvalue weighted by Gasteiger charge is 2.28. The number of carbonyl (C=O) groups is 1. The summed E-state index contributed by atoms with van der Waals surface area (Å²) in [5.74, 6) is 2.17. The molecule has 0 N–H and O–H groups in total. The van der Waals surface area contributed by atoms with Gasteiger partial charge in [-0.3, -0.25) is 4.79 Å². The van der Waals surface area contributed by atoms with Crippen LogP contribution in [0.5, 0.6) is 5.75 Å². The predicted octanol–water partition coefficient (Wildman–Crippen LogP) is 5.54. The zero-order chi connectivity index (χ0) is 21.9. The standard InChI is InChI=1S/C25H23N3O3S/c1-2-13-30-21-15-19(16-22-20(21)10-14-32-22)25(29)28-11-8-18(9-12-28)24-26-23(27-31-24)17-6-4-3-5-7-17/h2-7,10,14-16,18H,1,8-9,11-13H2. The summed E-state index contributed by atoms with van der Waals surface area (Å²) >= 11 is 1.61. The molecule has 0 unspecified atom stereocenters. The van der Waals surface area contributed by atoms with Crippen LogP contribution in [0.4, 0.5) is 0 Å². The quantitative estimate of drug-likeness (QED) is 0.365. The van der Waals surface area contributed by atoms with Crippen LogP contribution < -0.4 is 4.74 Å².